The molecule has 25 heavy (non-hydrogen) atoms. The van der Waals surface area contributed by atoms with Crippen molar-refractivity contribution in [1.82, 2.24) is 9.88 Å². The fourth-order valence-electron chi connectivity index (χ4n) is 2.64. The highest BCUT2D eigenvalue weighted by Gasteiger charge is 2.34. The maximum absolute atomic E-state index is 12.4. The summed E-state index contributed by atoms with van der Waals surface area (Å²) in [6.07, 6.45) is -0.709. The first kappa shape index (κ1) is 17.6. The SMILES string of the molecule is O=C1CSC(c2cccc(OC(F)(F)F)c2)N1CCc1ccncc1. The molecule has 2 aromatic rings. The number of ether oxygens (including phenoxy) is 1. The van der Waals surface area contributed by atoms with Gasteiger partial charge in [0.15, 0.2) is 0 Å². The van der Waals surface area contributed by atoms with Crippen LogP contribution in [0, 0.1) is 0 Å². The Bertz CT molecular complexity index is 740. The maximum atomic E-state index is 12.4. The van der Waals surface area contributed by atoms with Crippen molar-refractivity contribution in [1.29, 1.82) is 0 Å². The molecule has 0 bridgehead atoms. The largest absolute Gasteiger partial charge is 0.573 e. The number of benzene rings is 1. The molecule has 1 unspecified atom stereocenters. The van der Waals surface area contributed by atoms with Gasteiger partial charge < -0.3 is 9.64 Å². The van der Waals surface area contributed by atoms with E-state index in [1.54, 1.807) is 23.4 Å². The molecule has 1 aromatic carbocycles. The van der Waals surface area contributed by atoms with Crippen LogP contribution < -0.4 is 4.74 Å². The number of carbonyl (C=O) groups excluding carboxylic acids is 1. The highest BCUT2D eigenvalue weighted by Crippen LogP contribution is 2.40. The number of pyridine rings is 1. The van der Waals surface area contributed by atoms with E-state index < -0.39 is 6.36 Å². The summed E-state index contributed by atoms with van der Waals surface area (Å²) in [7, 11) is 0. The number of aromatic nitrogens is 1. The molecular formula is C17H15F3N2O2S. The quantitative estimate of drug-likeness (QED) is 0.805. The van der Waals surface area contributed by atoms with Crippen molar-refractivity contribution in [2.24, 2.45) is 0 Å². The van der Waals surface area contributed by atoms with Gasteiger partial charge in [0.05, 0.1) is 5.75 Å². The fraction of sp³-hybridized carbons (Fsp3) is 0.294. The van der Waals surface area contributed by atoms with E-state index in [0.29, 0.717) is 24.3 Å². The van der Waals surface area contributed by atoms with E-state index in [9.17, 15) is 18.0 Å². The molecule has 1 saturated heterocycles. The Hall–Kier alpha value is -2.22. The minimum atomic E-state index is -4.74. The Balaban J connectivity index is 1.74. The van der Waals surface area contributed by atoms with Crippen LogP contribution in [0.1, 0.15) is 16.5 Å². The number of thioether (sulfide) groups is 1. The van der Waals surface area contributed by atoms with Crippen LogP contribution in [0.2, 0.25) is 0 Å². The molecule has 1 aliphatic rings. The van der Waals surface area contributed by atoms with Gasteiger partial charge in [-0.15, -0.1) is 24.9 Å². The molecule has 0 saturated carbocycles. The highest BCUT2D eigenvalue weighted by atomic mass is 32.2. The van der Waals surface area contributed by atoms with Crippen molar-refractivity contribution in [2.75, 3.05) is 12.3 Å². The van der Waals surface area contributed by atoms with Crippen molar-refractivity contribution in [3.05, 3.63) is 59.9 Å². The molecule has 0 N–H and O–H groups in total. The van der Waals surface area contributed by atoms with Gasteiger partial charge in [0.25, 0.3) is 0 Å². The second-order valence-electron chi connectivity index (χ2n) is 5.48. The van der Waals surface area contributed by atoms with Crippen LogP contribution in [0.4, 0.5) is 13.2 Å². The van der Waals surface area contributed by atoms with Crippen molar-refractivity contribution >= 4 is 17.7 Å². The number of hydrogen-bond donors (Lipinski definition) is 0. The lowest BCUT2D eigenvalue weighted by atomic mass is 10.1. The fourth-order valence-corrected chi connectivity index (χ4v) is 3.84. The zero-order valence-corrected chi connectivity index (χ0v) is 13.9. The second-order valence-corrected chi connectivity index (χ2v) is 6.54. The van der Waals surface area contributed by atoms with Gasteiger partial charge in [-0.05, 0) is 41.8 Å². The standard InChI is InChI=1S/C17H15F3N2O2S/c18-17(19,20)24-14-3-1-2-13(10-14)16-22(15(23)11-25-16)9-6-12-4-7-21-8-5-12/h1-5,7-8,10,16H,6,9,11H2. The van der Waals surface area contributed by atoms with Crippen LogP contribution in [0.5, 0.6) is 5.75 Å². The molecule has 1 fully saturated rings. The van der Waals surface area contributed by atoms with Crippen molar-refractivity contribution in [2.45, 2.75) is 18.2 Å². The number of hydrogen-bond acceptors (Lipinski definition) is 4. The van der Waals surface area contributed by atoms with Gasteiger partial charge in [0.1, 0.15) is 11.1 Å². The normalized spacial score (nSPS) is 17.8. The molecule has 4 nitrogen and oxygen atoms in total. The summed E-state index contributed by atoms with van der Waals surface area (Å²) >= 11 is 1.40. The van der Waals surface area contributed by atoms with Gasteiger partial charge >= 0.3 is 6.36 Å². The summed E-state index contributed by atoms with van der Waals surface area (Å²) in [5, 5.41) is -0.314. The summed E-state index contributed by atoms with van der Waals surface area (Å²) in [6, 6.07) is 9.55. The lowest BCUT2D eigenvalue weighted by Crippen LogP contribution is -2.30. The van der Waals surface area contributed by atoms with E-state index in [1.165, 1.54) is 30.0 Å². The Morgan fingerprint density at radius 2 is 2.00 bits per heavy atom. The van der Waals surface area contributed by atoms with Crippen LogP contribution in [-0.2, 0) is 11.2 Å². The highest BCUT2D eigenvalue weighted by molar-refractivity contribution is 8.00. The number of amides is 1. The predicted molar refractivity (Wildman–Crippen MR) is 88.0 cm³/mol. The third-order valence-electron chi connectivity index (χ3n) is 3.74. The Morgan fingerprint density at radius 1 is 1.24 bits per heavy atom. The smallest absolute Gasteiger partial charge is 0.406 e. The zero-order valence-electron chi connectivity index (χ0n) is 13.1. The van der Waals surface area contributed by atoms with E-state index in [4.69, 9.17) is 0 Å². The van der Waals surface area contributed by atoms with Crippen LogP contribution in [-0.4, -0.2) is 34.5 Å². The molecule has 2 heterocycles. The van der Waals surface area contributed by atoms with Gasteiger partial charge in [0, 0.05) is 18.9 Å². The zero-order chi connectivity index (χ0) is 17.9. The Labute approximate surface area is 147 Å². The average Bonchev–Trinajstić information content (AvgIpc) is 2.93. The van der Waals surface area contributed by atoms with Gasteiger partial charge in [-0.2, -0.15) is 0 Å². The van der Waals surface area contributed by atoms with Crippen LogP contribution >= 0.6 is 11.8 Å². The molecule has 1 aromatic heterocycles. The molecule has 1 amide bonds. The summed E-state index contributed by atoms with van der Waals surface area (Å²) in [6.45, 7) is 0.491. The second kappa shape index (κ2) is 7.35. The molecule has 3 rings (SSSR count). The number of halogens is 3. The first-order valence-corrected chi connectivity index (χ1v) is 8.63. The Kier molecular flexibility index (Phi) is 5.17. The van der Waals surface area contributed by atoms with Crippen molar-refractivity contribution in [3.63, 3.8) is 0 Å². The number of carbonyl (C=O) groups is 1. The Morgan fingerprint density at radius 3 is 2.72 bits per heavy atom. The average molecular weight is 368 g/mol. The van der Waals surface area contributed by atoms with E-state index in [0.717, 1.165) is 5.56 Å². The van der Waals surface area contributed by atoms with Crippen molar-refractivity contribution < 1.29 is 22.7 Å². The number of rotatable bonds is 5. The topological polar surface area (TPSA) is 42.4 Å². The summed E-state index contributed by atoms with van der Waals surface area (Å²) in [4.78, 5) is 17.8. The molecule has 1 atom stereocenters. The molecule has 0 radical (unpaired) electrons. The van der Waals surface area contributed by atoms with Gasteiger partial charge in [0.2, 0.25) is 5.91 Å². The lowest BCUT2D eigenvalue weighted by Gasteiger charge is -2.24. The van der Waals surface area contributed by atoms with E-state index in [-0.39, 0.29) is 17.0 Å². The van der Waals surface area contributed by atoms with Gasteiger partial charge in [-0.1, -0.05) is 12.1 Å². The monoisotopic (exact) mass is 368 g/mol. The summed E-state index contributed by atoms with van der Waals surface area (Å²) in [5.74, 6) is 0.0102. The van der Waals surface area contributed by atoms with Crippen LogP contribution in [0.3, 0.4) is 0 Å². The van der Waals surface area contributed by atoms with E-state index in [1.807, 2.05) is 12.1 Å². The van der Waals surface area contributed by atoms with E-state index in [2.05, 4.69) is 9.72 Å². The van der Waals surface area contributed by atoms with Gasteiger partial charge in [-0.25, -0.2) is 0 Å². The third kappa shape index (κ3) is 4.66. The summed E-state index contributed by atoms with van der Waals surface area (Å²) < 4.78 is 41.2. The molecule has 0 spiro atoms. The minimum Gasteiger partial charge on any atom is -0.406 e. The molecule has 0 aliphatic carbocycles. The van der Waals surface area contributed by atoms with E-state index >= 15 is 0 Å². The maximum Gasteiger partial charge on any atom is 0.573 e. The number of nitrogens with zero attached hydrogens (tertiary/aromatic N) is 2. The van der Waals surface area contributed by atoms with Crippen molar-refractivity contribution in [3.8, 4) is 5.75 Å². The first-order valence-electron chi connectivity index (χ1n) is 7.58. The number of alkyl halides is 3. The summed E-state index contributed by atoms with van der Waals surface area (Å²) in [5.41, 5.74) is 1.67. The predicted octanol–water partition coefficient (Wildman–Crippen LogP) is 3.80. The third-order valence-corrected chi connectivity index (χ3v) is 4.99. The molecule has 1 aliphatic heterocycles. The molecule has 132 valence electrons. The molecular weight excluding hydrogens is 353 g/mol. The first-order chi connectivity index (χ1) is 11.9. The lowest BCUT2D eigenvalue weighted by molar-refractivity contribution is -0.274. The molecule has 8 heteroatoms. The van der Waals surface area contributed by atoms with Crippen LogP contribution in [0.25, 0.3) is 0 Å². The minimum absolute atomic E-state index is 0.0220. The van der Waals surface area contributed by atoms with Crippen LogP contribution in [0.15, 0.2) is 48.8 Å². The van der Waals surface area contributed by atoms with Gasteiger partial charge in [-0.3, -0.25) is 9.78 Å².